The van der Waals surface area contributed by atoms with Gasteiger partial charge in [-0.2, -0.15) is 4.37 Å². The molecule has 0 spiro atoms. The third kappa shape index (κ3) is 5.89. The first-order valence-corrected chi connectivity index (χ1v) is 18.0. The highest BCUT2D eigenvalue weighted by Crippen LogP contribution is 2.31. The quantitative estimate of drug-likeness (QED) is 0.221. The molecule has 0 radical (unpaired) electrons. The summed E-state index contributed by atoms with van der Waals surface area (Å²) in [5.74, 6) is 1.14. The molecule has 2 aliphatic carbocycles. The number of fused-ring (bicyclic) bond motifs is 7. The molecule has 0 bridgehead atoms. The van der Waals surface area contributed by atoms with Crippen molar-refractivity contribution in [2.45, 2.75) is 57.8 Å². The highest BCUT2D eigenvalue weighted by molar-refractivity contribution is 7.13. The number of H-pyrrole nitrogens is 2. The monoisotopic (exact) mass is 643 g/mol. The number of nitrogens with one attached hydrogen (secondary N) is 2. The molecule has 3 aliphatic rings. The summed E-state index contributed by atoms with van der Waals surface area (Å²) in [5.41, 5.74) is 7.34. The Morgan fingerprint density at radius 2 is 1.32 bits per heavy atom. The van der Waals surface area contributed by atoms with Gasteiger partial charge in [0.15, 0.2) is 0 Å². The van der Waals surface area contributed by atoms with Crippen molar-refractivity contribution >= 4 is 49.1 Å². The largest absolute Gasteiger partial charge is 0.353 e. The number of nitrogens with zero attached hydrogens (tertiary/aromatic N) is 3. The second-order valence-electron chi connectivity index (χ2n) is 13.2. The predicted molar refractivity (Wildman–Crippen MR) is 194 cm³/mol. The van der Waals surface area contributed by atoms with Crippen molar-refractivity contribution in [3.8, 4) is 0 Å². The van der Waals surface area contributed by atoms with Crippen molar-refractivity contribution < 1.29 is 0 Å². The summed E-state index contributed by atoms with van der Waals surface area (Å²) in [5, 5.41) is 4.51. The van der Waals surface area contributed by atoms with E-state index in [9.17, 15) is 9.59 Å². The van der Waals surface area contributed by atoms with E-state index < -0.39 is 0 Å². The lowest BCUT2D eigenvalue weighted by Crippen LogP contribution is -2.47. The van der Waals surface area contributed by atoms with Crippen LogP contribution in [0, 0.1) is 0 Å². The number of benzene rings is 3. The zero-order chi connectivity index (χ0) is 31.7. The van der Waals surface area contributed by atoms with Crippen LogP contribution in [0.25, 0.3) is 31.8 Å². The van der Waals surface area contributed by atoms with E-state index in [1.54, 1.807) is 11.5 Å². The van der Waals surface area contributed by atoms with E-state index in [4.69, 9.17) is 4.37 Å². The van der Waals surface area contributed by atoms with Crippen LogP contribution in [0.3, 0.4) is 0 Å². The summed E-state index contributed by atoms with van der Waals surface area (Å²) in [4.78, 5) is 35.7. The Morgan fingerprint density at radius 3 is 2.15 bits per heavy atom. The number of pyridine rings is 2. The molecule has 7 nitrogen and oxygen atoms in total. The van der Waals surface area contributed by atoms with Crippen LogP contribution in [-0.2, 0) is 32.1 Å². The van der Waals surface area contributed by atoms with Crippen molar-refractivity contribution in [1.29, 1.82) is 0 Å². The molecule has 4 heterocycles. The van der Waals surface area contributed by atoms with Gasteiger partial charge in [0.2, 0.25) is 0 Å². The topological polar surface area (TPSA) is 85.1 Å². The molecule has 240 valence electrons. The lowest BCUT2D eigenvalue weighted by Gasteiger charge is -2.35. The fourth-order valence-corrected chi connectivity index (χ4v) is 8.70. The Labute approximate surface area is 278 Å². The van der Waals surface area contributed by atoms with Crippen LogP contribution in [-0.4, -0.2) is 52.0 Å². The van der Waals surface area contributed by atoms with Crippen LogP contribution >= 0.6 is 11.5 Å². The summed E-state index contributed by atoms with van der Waals surface area (Å²) >= 11 is 1.59. The van der Waals surface area contributed by atoms with E-state index in [0.29, 0.717) is 0 Å². The lowest BCUT2D eigenvalue weighted by molar-refractivity contribution is 0.261. The van der Waals surface area contributed by atoms with Crippen molar-refractivity contribution in [1.82, 2.24) is 19.2 Å². The summed E-state index contributed by atoms with van der Waals surface area (Å²) in [6.45, 7) is 5.12. The number of aromatic nitrogens is 3. The minimum Gasteiger partial charge on any atom is -0.353 e. The molecular weight excluding hydrogens is 603 g/mol. The Kier molecular flexibility index (Phi) is 8.38. The van der Waals surface area contributed by atoms with Crippen LogP contribution in [0.2, 0.25) is 0 Å². The van der Waals surface area contributed by atoms with Gasteiger partial charge in [0.05, 0.1) is 10.2 Å². The van der Waals surface area contributed by atoms with Crippen molar-refractivity contribution in [2.75, 3.05) is 37.6 Å². The number of rotatable bonds is 4. The molecule has 1 aliphatic heterocycles. The van der Waals surface area contributed by atoms with Gasteiger partial charge in [0, 0.05) is 60.1 Å². The number of aryl methyl sites for hydroxylation is 3. The van der Waals surface area contributed by atoms with Crippen molar-refractivity contribution in [2.24, 2.45) is 0 Å². The highest BCUT2D eigenvalue weighted by atomic mass is 32.1. The van der Waals surface area contributed by atoms with E-state index in [2.05, 4.69) is 68.3 Å². The molecule has 9 rings (SSSR count). The molecule has 47 heavy (non-hydrogen) atoms. The van der Waals surface area contributed by atoms with E-state index in [-0.39, 0.29) is 11.1 Å². The van der Waals surface area contributed by atoms with E-state index in [1.165, 1.54) is 51.4 Å². The summed E-state index contributed by atoms with van der Waals surface area (Å²) < 4.78 is 5.99. The average Bonchev–Trinajstić information content (AvgIpc) is 3.56. The van der Waals surface area contributed by atoms with Crippen LogP contribution in [0.4, 0.5) is 5.82 Å². The van der Waals surface area contributed by atoms with Gasteiger partial charge in [-0.3, -0.25) is 14.5 Å². The molecule has 0 saturated carbocycles. The maximum atomic E-state index is 12.7. The predicted octanol–water partition coefficient (Wildman–Crippen LogP) is 6.79. The SMILES string of the molecule is O=c1[nH]c2c(CCN3CCN(c4nsc5ccccc45)CC3)cccc2c2c1CCCC2.O=c1[nH]c2c(c3ccccc13)CCCC2. The van der Waals surface area contributed by atoms with Gasteiger partial charge in [0.1, 0.15) is 5.82 Å². The first kappa shape index (κ1) is 30.1. The number of piperazine rings is 1. The van der Waals surface area contributed by atoms with E-state index >= 15 is 0 Å². The third-order valence-electron chi connectivity index (χ3n) is 10.4. The maximum absolute atomic E-state index is 12.7. The molecule has 6 aromatic rings. The fraction of sp³-hybridized carbons (Fsp3) is 0.359. The van der Waals surface area contributed by atoms with Gasteiger partial charge in [-0.1, -0.05) is 48.5 Å². The first-order chi connectivity index (χ1) is 23.1. The molecule has 3 aromatic heterocycles. The summed E-state index contributed by atoms with van der Waals surface area (Å²) in [6, 6.07) is 23.0. The smallest absolute Gasteiger partial charge is 0.256 e. The zero-order valence-corrected chi connectivity index (χ0v) is 27.6. The second-order valence-corrected chi connectivity index (χ2v) is 14.0. The van der Waals surface area contributed by atoms with E-state index in [0.717, 1.165) is 105 Å². The number of hydrogen-bond acceptors (Lipinski definition) is 6. The molecule has 1 saturated heterocycles. The van der Waals surface area contributed by atoms with Crippen molar-refractivity contribution in [3.63, 3.8) is 0 Å². The Bertz CT molecular complexity index is 2190. The van der Waals surface area contributed by atoms with Crippen LogP contribution in [0.15, 0.2) is 76.3 Å². The third-order valence-corrected chi connectivity index (χ3v) is 11.2. The van der Waals surface area contributed by atoms with Crippen LogP contribution in [0.5, 0.6) is 0 Å². The number of para-hydroxylation sites is 1. The molecule has 3 aromatic carbocycles. The lowest BCUT2D eigenvalue weighted by atomic mass is 9.89. The van der Waals surface area contributed by atoms with Gasteiger partial charge < -0.3 is 14.9 Å². The Morgan fingerprint density at radius 1 is 0.638 bits per heavy atom. The van der Waals surface area contributed by atoms with E-state index in [1.807, 2.05) is 18.2 Å². The standard InChI is InChI=1S/C26H28N4OS.C13H13NO/c31-26-21-8-2-1-7-19(21)20-10-5-6-18(24(20)27-26)12-13-29-14-16-30(17-15-29)25-22-9-3-4-11-23(22)32-28-25;15-13-11-7-2-1-5-9(11)10-6-3-4-8-12(10)14-13/h3-6,9-11H,1-2,7-8,12-17H2,(H,27,31);1-2,5,7H,3-4,6,8H2,(H,14,15). The molecule has 0 unspecified atom stereocenters. The molecule has 0 atom stereocenters. The number of hydrogen-bond donors (Lipinski definition) is 2. The van der Waals surface area contributed by atoms with Gasteiger partial charge >= 0.3 is 0 Å². The Hall–Kier alpha value is -4.27. The van der Waals surface area contributed by atoms with Gasteiger partial charge in [-0.05, 0) is 110 Å². The van der Waals surface area contributed by atoms with Crippen LogP contribution < -0.4 is 16.0 Å². The molecule has 2 N–H and O–H groups in total. The molecule has 1 fully saturated rings. The summed E-state index contributed by atoms with van der Waals surface area (Å²) in [6.07, 6.45) is 9.80. The second kappa shape index (κ2) is 13.1. The molecular formula is C39H41N5O2S. The minimum atomic E-state index is 0.0613. The highest BCUT2D eigenvalue weighted by Gasteiger charge is 2.22. The Balaban J connectivity index is 0.000000180. The molecule has 8 heteroatoms. The average molecular weight is 644 g/mol. The maximum Gasteiger partial charge on any atom is 0.256 e. The number of aromatic amines is 2. The van der Waals surface area contributed by atoms with Gasteiger partial charge in [0.25, 0.3) is 11.1 Å². The summed E-state index contributed by atoms with van der Waals surface area (Å²) in [7, 11) is 0. The van der Waals surface area contributed by atoms with Crippen LogP contribution in [0.1, 0.15) is 53.6 Å². The normalized spacial score (nSPS) is 16.6. The zero-order valence-electron chi connectivity index (χ0n) is 26.8. The first-order valence-electron chi connectivity index (χ1n) is 17.2. The van der Waals surface area contributed by atoms with Gasteiger partial charge in [-0.15, -0.1) is 0 Å². The number of anilines is 1. The molecule has 0 amide bonds. The minimum absolute atomic E-state index is 0.0613. The fourth-order valence-electron chi connectivity index (χ4n) is 7.90. The van der Waals surface area contributed by atoms with Gasteiger partial charge in [-0.25, -0.2) is 0 Å². The van der Waals surface area contributed by atoms with Crippen molar-refractivity contribution in [3.05, 3.63) is 115 Å².